The van der Waals surface area contributed by atoms with Gasteiger partial charge < -0.3 is 24.4 Å². The second kappa shape index (κ2) is 11.0. The number of hydrogen-bond donors (Lipinski definition) is 1. The quantitative estimate of drug-likeness (QED) is 0.477. The van der Waals surface area contributed by atoms with Crippen LogP contribution in [0.5, 0.6) is 11.5 Å². The Kier molecular flexibility index (Phi) is 8.33. The van der Waals surface area contributed by atoms with Crippen molar-refractivity contribution in [2.24, 2.45) is 0 Å². The third-order valence-electron chi connectivity index (χ3n) is 5.49. The van der Waals surface area contributed by atoms with Crippen LogP contribution in [0.3, 0.4) is 0 Å². The average molecular weight is 488 g/mol. The molecule has 0 saturated carbocycles. The van der Waals surface area contributed by atoms with Gasteiger partial charge in [0.2, 0.25) is 5.78 Å². The topological polar surface area (TPSA) is 92.2 Å². The lowest BCUT2D eigenvalue weighted by Gasteiger charge is -2.28. The average Bonchev–Trinajstić information content (AvgIpc) is 3.26. The second-order valence-corrected chi connectivity index (χ2v) is 9.63. The number of likely N-dealkylation sites (N-methyl/N-ethyl adjacent to an activating group) is 1. The van der Waals surface area contributed by atoms with Crippen LogP contribution in [0.2, 0.25) is 0 Å². The summed E-state index contributed by atoms with van der Waals surface area (Å²) in [6.45, 7) is 9.40. The first-order valence-corrected chi connectivity index (χ1v) is 12.3. The Morgan fingerprint density at radius 2 is 1.94 bits per heavy atom. The molecule has 0 saturated heterocycles. The maximum atomic E-state index is 13.6. The first-order valence-electron chi connectivity index (χ1n) is 11.5. The Bertz CT molecular complexity index is 1090. The normalized spacial score (nSPS) is 16.0. The highest BCUT2D eigenvalue weighted by Gasteiger charge is 2.44. The molecule has 1 amide bonds. The maximum absolute atomic E-state index is 13.6. The van der Waals surface area contributed by atoms with E-state index in [1.165, 1.54) is 11.3 Å². The summed E-state index contributed by atoms with van der Waals surface area (Å²) < 4.78 is 11.6. The number of aromatic nitrogens is 1. The van der Waals surface area contributed by atoms with Gasteiger partial charge >= 0.3 is 0 Å². The molecule has 0 bridgehead atoms. The van der Waals surface area contributed by atoms with Gasteiger partial charge in [0.1, 0.15) is 0 Å². The maximum Gasteiger partial charge on any atom is 0.290 e. The number of aliphatic hydroxyl groups excluding tert-OH is 1. The molecule has 1 aromatic carbocycles. The number of aryl methyl sites for hydroxylation is 2. The van der Waals surface area contributed by atoms with E-state index in [2.05, 4.69) is 4.98 Å². The van der Waals surface area contributed by atoms with Gasteiger partial charge in [-0.3, -0.25) is 9.59 Å². The van der Waals surface area contributed by atoms with Crippen LogP contribution in [-0.2, 0) is 4.79 Å². The molecule has 0 fully saturated rings. The second-order valence-electron chi connectivity index (χ2n) is 8.43. The van der Waals surface area contributed by atoms with Gasteiger partial charge in [0.15, 0.2) is 17.3 Å². The predicted molar refractivity (Wildman–Crippen MR) is 132 cm³/mol. The van der Waals surface area contributed by atoms with Crippen LogP contribution in [0.15, 0.2) is 29.5 Å². The SMILES string of the molecule is CCCOc1ccc(C2C(C(=O)c3sc(C)nc3C)=C(O)C(=O)N2CCN(C)C)cc1OCC. The summed E-state index contributed by atoms with van der Waals surface area (Å²) in [6.07, 6.45) is 0.853. The molecule has 9 heteroatoms. The fourth-order valence-electron chi connectivity index (χ4n) is 3.93. The summed E-state index contributed by atoms with van der Waals surface area (Å²) in [5.74, 6) is -0.305. The number of ether oxygens (including phenoxy) is 2. The van der Waals surface area contributed by atoms with Crippen molar-refractivity contribution in [1.29, 1.82) is 0 Å². The lowest BCUT2D eigenvalue weighted by molar-refractivity contribution is -0.129. The summed E-state index contributed by atoms with van der Waals surface area (Å²) in [6, 6.07) is 4.67. The number of rotatable bonds is 11. The highest BCUT2D eigenvalue weighted by molar-refractivity contribution is 7.14. The van der Waals surface area contributed by atoms with Crippen LogP contribution >= 0.6 is 11.3 Å². The minimum Gasteiger partial charge on any atom is -0.503 e. The molecule has 1 atom stereocenters. The van der Waals surface area contributed by atoms with Crippen molar-refractivity contribution in [1.82, 2.24) is 14.8 Å². The Hall–Kier alpha value is -2.91. The van der Waals surface area contributed by atoms with E-state index in [0.29, 0.717) is 53.9 Å². The van der Waals surface area contributed by atoms with Gasteiger partial charge in [-0.05, 0) is 59.0 Å². The van der Waals surface area contributed by atoms with E-state index in [-0.39, 0.29) is 11.4 Å². The van der Waals surface area contributed by atoms with Gasteiger partial charge in [0, 0.05) is 13.1 Å². The highest BCUT2D eigenvalue weighted by atomic mass is 32.1. The van der Waals surface area contributed by atoms with Crippen molar-refractivity contribution in [2.45, 2.75) is 40.2 Å². The molecule has 0 aliphatic carbocycles. The highest BCUT2D eigenvalue weighted by Crippen LogP contribution is 2.42. The Labute approximate surface area is 204 Å². The summed E-state index contributed by atoms with van der Waals surface area (Å²) in [4.78, 5) is 35.0. The van der Waals surface area contributed by atoms with Gasteiger partial charge in [-0.2, -0.15) is 0 Å². The zero-order valence-corrected chi connectivity index (χ0v) is 21.5. The first-order chi connectivity index (χ1) is 16.2. The van der Waals surface area contributed by atoms with Crippen LogP contribution < -0.4 is 9.47 Å². The lowest BCUT2D eigenvalue weighted by atomic mass is 9.94. The molecule has 1 aliphatic heterocycles. The van der Waals surface area contributed by atoms with Gasteiger partial charge in [0.25, 0.3) is 5.91 Å². The number of Topliss-reactive ketones (excluding diaryl/α,β-unsaturated/α-hetero) is 1. The van der Waals surface area contributed by atoms with Crippen LogP contribution in [-0.4, -0.2) is 72.0 Å². The van der Waals surface area contributed by atoms with Gasteiger partial charge in [0.05, 0.1) is 40.4 Å². The van der Waals surface area contributed by atoms with Crippen LogP contribution in [0.4, 0.5) is 0 Å². The molecular formula is C25H33N3O5S. The molecule has 3 rings (SSSR count). The third kappa shape index (κ3) is 5.26. The minimum absolute atomic E-state index is 0.0696. The van der Waals surface area contributed by atoms with Crippen molar-refractivity contribution in [3.8, 4) is 11.5 Å². The molecule has 8 nitrogen and oxygen atoms in total. The molecule has 2 aromatic rings. The van der Waals surface area contributed by atoms with Crippen molar-refractivity contribution in [3.63, 3.8) is 0 Å². The van der Waals surface area contributed by atoms with Crippen molar-refractivity contribution in [3.05, 3.63) is 50.7 Å². The molecule has 1 aliphatic rings. The lowest BCUT2D eigenvalue weighted by Crippen LogP contribution is -2.36. The van der Waals surface area contributed by atoms with E-state index in [0.717, 1.165) is 11.4 Å². The third-order valence-corrected chi connectivity index (χ3v) is 6.56. The fraction of sp³-hybridized carbons (Fsp3) is 0.480. The minimum atomic E-state index is -0.749. The summed E-state index contributed by atoms with van der Waals surface area (Å²) in [5, 5.41) is 11.6. The van der Waals surface area contributed by atoms with E-state index in [9.17, 15) is 14.7 Å². The van der Waals surface area contributed by atoms with E-state index in [4.69, 9.17) is 9.47 Å². The Morgan fingerprint density at radius 3 is 2.53 bits per heavy atom. The largest absolute Gasteiger partial charge is 0.503 e. The van der Waals surface area contributed by atoms with Gasteiger partial charge in [-0.25, -0.2) is 4.98 Å². The van der Waals surface area contributed by atoms with Crippen molar-refractivity contribution >= 4 is 23.0 Å². The number of benzene rings is 1. The van der Waals surface area contributed by atoms with E-state index >= 15 is 0 Å². The monoisotopic (exact) mass is 487 g/mol. The molecule has 184 valence electrons. The summed E-state index contributed by atoms with van der Waals surface area (Å²) in [5.41, 5.74) is 1.33. The number of aliphatic hydroxyl groups is 1. The molecule has 0 spiro atoms. The standard InChI is InChI=1S/C25H33N3O5S/c1-7-13-33-18-10-9-17(14-19(18)32-8-2)21-20(22(29)24-15(3)26-16(4)34-24)23(30)25(31)28(21)12-11-27(5)6/h9-10,14,21,30H,7-8,11-13H2,1-6H3. The zero-order valence-electron chi connectivity index (χ0n) is 20.7. The molecule has 1 N–H and O–H groups in total. The number of amides is 1. The van der Waals surface area contributed by atoms with Crippen molar-refractivity contribution in [2.75, 3.05) is 40.4 Å². The smallest absolute Gasteiger partial charge is 0.290 e. The zero-order chi connectivity index (χ0) is 25.0. The van der Waals surface area contributed by atoms with Crippen LogP contribution in [0.1, 0.15) is 52.2 Å². The molecular weight excluding hydrogens is 454 g/mol. The molecule has 1 unspecified atom stereocenters. The molecule has 34 heavy (non-hydrogen) atoms. The number of carbonyl (C=O) groups excluding carboxylic acids is 2. The molecule has 2 heterocycles. The molecule has 1 aromatic heterocycles. The molecule has 0 radical (unpaired) electrons. The van der Waals surface area contributed by atoms with Crippen molar-refractivity contribution < 1.29 is 24.2 Å². The number of thiazole rings is 1. The van der Waals surface area contributed by atoms with E-state index in [1.54, 1.807) is 24.0 Å². The summed E-state index contributed by atoms with van der Waals surface area (Å²) in [7, 11) is 3.82. The number of hydrogen-bond acceptors (Lipinski definition) is 8. The predicted octanol–water partition coefficient (Wildman–Crippen LogP) is 4.09. The Balaban J connectivity index is 2.11. The Morgan fingerprint density at radius 1 is 1.21 bits per heavy atom. The van der Waals surface area contributed by atoms with Crippen LogP contribution in [0, 0.1) is 13.8 Å². The first kappa shape index (κ1) is 25.7. The van der Waals surface area contributed by atoms with Crippen LogP contribution in [0.25, 0.3) is 0 Å². The van der Waals surface area contributed by atoms with E-state index < -0.39 is 17.7 Å². The number of carbonyl (C=O) groups is 2. The number of nitrogens with zero attached hydrogens (tertiary/aromatic N) is 3. The fourth-order valence-corrected chi connectivity index (χ4v) is 4.80. The van der Waals surface area contributed by atoms with E-state index in [1.807, 2.05) is 45.8 Å². The summed E-state index contributed by atoms with van der Waals surface area (Å²) >= 11 is 1.26. The van der Waals surface area contributed by atoms with Gasteiger partial charge in [-0.1, -0.05) is 13.0 Å². The van der Waals surface area contributed by atoms with Gasteiger partial charge in [-0.15, -0.1) is 11.3 Å². The number of ketones is 1.